The van der Waals surface area contributed by atoms with E-state index in [2.05, 4.69) is 42.0 Å². The molecule has 0 N–H and O–H groups in total. The number of pyridine rings is 1. The van der Waals surface area contributed by atoms with E-state index in [-0.39, 0.29) is 0 Å². The van der Waals surface area contributed by atoms with Crippen LogP contribution in [0.1, 0.15) is 17.0 Å². The number of benzene rings is 1. The summed E-state index contributed by atoms with van der Waals surface area (Å²) in [7, 11) is 0. The maximum atomic E-state index is 5.44. The minimum Gasteiger partial charge on any atom is -0.439 e. The molecule has 3 rings (SSSR count). The lowest BCUT2D eigenvalue weighted by Crippen LogP contribution is -1.88. The Kier molecular flexibility index (Phi) is 2.40. The number of oxazole rings is 1. The second kappa shape index (κ2) is 3.95. The average molecular weight is 238 g/mol. The van der Waals surface area contributed by atoms with Gasteiger partial charge in [0.1, 0.15) is 0 Å². The molecule has 0 bridgehead atoms. The Balaban J connectivity index is 2.21. The van der Waals surface area contributed by atoms with Crippen LogP contribution in [-0.4, -0.2) is 9.97 Å². The van der Waals surface area contributed by atoms with Gasteiger partial charge in [0.05, 0.1) is 5.69 Å². The van der Waals surface area contributed by atoms with Crippen LogP contribution >= 0.6 is 0 Å². The van der Waals surface area contributed by atoms with Crippen molar-refractivity contribution in [2.75, 3.05) is 0 Å². The predicted molar refractivity (Wildman–Crippen MR) is 71.5 cm³/mol. The van der Waals surface area contributed by atoms with Gasteiger partial charge >= 0.3 is 0 Å². The van der Waals surface area contributed by atoms with Crippen molar-refractivity contribution in [3.63, 3.8) is 0 Å². The summed E-state index contributed by atoms with van der Waals surface area (Å²) in [5.74, 6) is 0.649. The summed E-state index contributed by atoms with van der Waals surface area (Å²) in [6.45, 7) is 6.01. The monoisotopic (exact) mass is 238 g/mol. The van der Waals surface area contributed by atoms with Crippen molar-refractivity contribution >= 4 is 11.2 Å². The summed E-state index contributed by atoms with van der Waals surface area (Å²) < 4.78 is 5.44. The van der Waals surface area contributed by atoms with Gasteiger partial charge in [0.25, 0.3) is 0 Å². The standard InChI is InChI=1S/C15H14N2O/c1-9-4-5-10(2)12(8-9)13-6-7-14-15(17-13)16-11(3)18-14/h4-8H,1-3H3. The van der Waals surface area contributed by atoms with Crippen LogP contribution in [0.3, 0.4) is 0 Å². The van der Waals surface area contributed by atoms with Gasteiger partial charge in [0.2, 0.25) is 0 Å². The smallest absolute Gasteiger partial charge is 0.199 e. The molecule has 1 aromatic carbocycles. The van der Waals surface area contributed by atoms with E-state index in [1.54, 1.807) is 0 Å². The summed E-state index contributed by atoms with van der Waals surface area (Å²) in [6.07, 6.45) is 0. The molecule has 0 aliphatic carbocycles. The molecule has 90 valence electrons. The zero-order chi connectivity index (χ0) is 12.7. The van der Waals surface area contributed by atoms with Crippen molar-refractivity contribution in [2.24, 2.45) is 0 Å². The molecule has 0 saturated heterocycles. The number of rotatable bonds is 1. The Morgan fingerprint density at radius 2 is 1.78 bits per heavy atom. The zero-order valence-corrected chi connectivity index (χ0v) is 10.7. The summed E-state index contributed by atoms with van der Waals surface area (Å²) >= 11 is 0. The van der Waals surface area contributed by atoms with Gasteiger partial charge in [-0.25, -0.2) is 4.98 Å². The second-order valence-electron chi connectivity index (χ2n) is 4.57. The number of hydrogen-bond donors (Lipinski definition) is 0. The molecule has 0 unspecified atom stereocenters. The third kappa shape index (κ3) is 1.78. The highest BCUT2D eigenvalue weighted by Crippen LogP contribution is 2.25. The third-order valence-corrected chi connectivity index (χ3v) is 3.03. The largest absolute Gasteiger partial charge is 0.439 e. The summed E-state index contributed by atoms with van der Waals surface area (Å²) in [5, 5.41) is 0. The van der Waals surface area contributed by atoms with Gasteiger partial charge in [-0.1, -0.05) is 17.7 Å². The Morgan fingerprint density at radius 3 is 2.61 bits per heavy atom. The Labute approximate surface area is 105 Å². The maximum absolute atomic E-state index is 5.44. The maximum Gasteiger partial charge on any atom is 0.199 e. The molecule has 2 aromatic heterocycles. The minimum absolute atomic E-state index is 0.649. The first kappa shape index (κ1) is 11.0. The lowest BCUT2D eigenvalue weighted by molar-refractivity contribution is 0.561. The van der Waals surface area contributed by atoms with Gasteiger partial charge in [-0.3, -0.25) is 0 Å². The molecular weight excluding hydrogens is 224 g/mol. The summed E-state index contributed by atoms with van der Waals surface area (Å²) in [5.41, 5.74) is 5.95. The minimum atomic E-state index is 0.649. The summed E-state index contributed by atoms with van der Waals surface area (Å²) in [6, 6.07) is 10.3. The van der Waals surface area contributed by atoms with Crippen LogP contribution in [0.2, 0.25) is 0 Å². The van der Waals surface area contributed by atoms with Crippen molar-refractivity contribution in [3.8, 4) is 11.3 Å². The van der Waals surface area contributed by atoms with E-state index >= 15 is 0 Å². The molecule has 2 heterocycles. The van der Waals surface area contributed by atoms with Crippen molar-refractivity contribution < 1.29 is 4.42 Å². The van der Waals surface area contributed by atoms with E-state index in [0.29, 0.717) is 11.5 Å². The van der Waals surface area contributed by atoms with E-state index in [1.807, 2.05) is 19.1 Å². The van der Waals surface area contributed by atoms with Gasteiger partial charge in [-0.05, 0) is 37.6 Å². The molecule has 3 nitrogen and oxygen atoms in total. The van der Waals surface area contributed by atoms with Crippen molar-refractivity contribution in [1.29, 1.82) is 0 Å². The predicted octanol–water partition coefficient (Wildman–Crippen LogP) is 3.82. The first-order valence-electron chi connectivity index (χ1n) is 5.95. The van der Waals surface area contributed by atoms with Crippen molar-refractivity contribution in [2.45, 2.75) is 20.8 Å². The SMILES string of the molecule is Cc1ccc(C)c(-c2ccc3oc(C)nc3n2)c1. The molecular formula is C15H14N2O. The van der Waals surface area contributed by atoms with Gasteiger partial charge in [0.15, 0.2) is 17.1 Å². The first-order chi connectivity index (χ1) is 8.63. The molecule has 0 radical (unpaired) electrons. The fourth-order valence-electron chi connectivity index (χ4n) is 2.09. The number of fused-ring (bicyclic) bond motifs is 1. The Morgan fingerprint density at radius 1 is 0.944 bits per heavy atom. The van der Waals surface area contributed by atoms with E-state index in [4.69, 9.17) is 4.42 Å². The normalized spacial score (nSPS) is 11.1. The first-order valence-corrected chi connectivity index (χ1v) is 5.95. The van der Waals surface area contributed by atoms with Gasteiger partial charge in [0, 0.05) is 12.5 Å². The van der Waals surface area contributed by atoms with Crippen molar-refractivity contribution in [1.82, 2.24) is 9.97 Å². The van der Waals surface area contributed by atoms with Crippen LogP contribution in [0, 0.1) is 20.8 Å². The average Bonchev–Trinajstić information content (AvgIpc) is 2.71. The van der Waals surface area contributed by atoms with Crippen LogP contribution in [0.5, 0.6) is 0 Å². The lowest BCUT2D eigenvalue weighted by Gasteiger charge is -2.05. The number of aromatic nitrogens is 2. The molecule has 0 spiro atoms. The van der Waals surface area contributed by atoms with E-state index < -0.39 is 0 Å². The molecule has 0 aliphatic rings. The molecule has 0 fully saturated rings. The van der Waals surface area contributed by atoms with Crippen LogP contribution in [0.25, 0.3) is 22.5 Å². The Bertz CT molecular complexity index is 728. The van der Waals surface area contributed by atoms with Crippen LogP contribution in [0.15, 0.2) is 34.7 Å². The van der Waals surface area contributed by atoms with Gasteiger partial charge < -0.3 is 4.42 Å². The molecule has 3 aromatic rings. The van der Waals surface area contributed by atoms with E-state index in [9.17, 15) is 0 Å². The zero-order valence-electron chi connectivity index (χ0n) is 10.7. The van der Waals surface area contributed by atoms with Gasteiger partial charge in [-0.2, -0.15) is 4.98 Å². The highest BCUT2D eigenvalue weighted by Gasteiger charge is 2.08. The highest BCUT2D eigenvalue weighted by molar-refractivity contribution is 5.74. The third-order valence-electron chi connectivity index (χ3n) is 3.03. The van der Waals surface area contributed by atoms with Crippen LogP contribution in [-0.2, 0) is 0 Å². The van der Waals surface area contributed by atoms with Crippen molar-refractivity contribution in [3.05, 3.63) is 47.3 Å². The summed E-state index contributed by atoms with van der Waals surface area (Å²) in [4.78, 5) is 8.84. The highest BCUT2D eigenvalue weighted by atomic mass is 16.3. The fourth-order valence-corrected chi connectivity index (χ4v) is 2.09. The lowest BCUT2D eigenvalue weighted by atomic mass is 10.0. The second-order valence-corrected chi connectivity index (χ2v) is 4.57. The fraction of sp³-hybridized carbons (Fsp3) is 0.200. The van der Waals surface area contributed by atoms with E-state index in [0.717, 1.165) is 16.8 Å². The van der Waals surface area contributed by atoms with Gasteiger partial charge in [-0.15, -0.1) is 0 Å². The molecule has 0 amide bonds. The molecule has 0 saturated carbocycles. The topological polar surface area (TPSA) is 38.9 Å². The molecule has 18 heavy (non-hydrogen) atoms. The quantitative estimate of drug-likeness (QED) is 0.647. The number of aryl methyl sites for hydroxylation is 3. The molecule has 3 heteroatoms. The van der Waals surface area contributed by atoms with E-state index in [1.165, 1.54) is 11.1 Å². The number of nitrogens with zero attached hydrogens (tertiary/aromatic N) is 2. The Hall–Kier alpha value is -2.16. The van der Waals surface area contributed by atoms with Crippen LogP contribution in [0.4, 0.5) is 0 Å². The molecule has 0 atom stereocenters. The number of hydrogen-bond acceptors (Lipinski definition) is 3. The van der Waals surface area contributed by atoms with Crippen LogP contribution < -0.4 is 0 Å². The molecule has 0 aliphatic heterocycles.